The number of hydrogen-bond donors (Lipinski definition) is 2. The van der Waals surface area contributed by atoms with Gasteiger partial charge in [-0.1, -0.05) is 78.9 Å². The van der Waals surface area contributed by atoms with E-state index in [1.54, 1.807) is 0 Å². The number of anilines is 2. The van der Waals surface area contributed by atoms with Crippen molar-refractivity contribution in [3.05, 3.63) is 97.1 Å². The zero-order valence-corrected chi connectivity index (χ0v) is 15.7. The zero-order valence-electron chi connectivity index (χ0n) is 15.7. The van der Waals surface area contributed by atoms with Crippen molar-refractivity contribution in [1.29, 1.82) is 0 Å². The molecular weight excluding hydrogens is 344 g/mol. The SMILES string of the molecule is C[C@H](Nc1ccc2ccccc2c1)C(=O)Nc1ccccc1-c1ccccc1. The molecule has 0 saturated carbocycles. The van der Waals surface area contributed by atoms with E-state index in [1.807, 2.05) is 79.7 Å². The van der Waals surface area contributed by atoms with E-state index in [0.29, 0.717) is 0 Å². The van der Waals surface area contributed by atoms with Crippen LogP contribution < -0.4 is 10.6 Å². The van der Waals surface area contributed by atoms with E-state index in [0.717, 1.165) is 27.9 Å². The third-order valence-electron chi connectivity index (χ3n) is 4.80. The molecule has 138 valence electrons. The number of rotatable bonds is 5. The summed E-state index contributed by atoms with van der Waals surface area (Å²) >= 11 is 0. The number of carbonyl (C=O) groups excluding carboxylic acids is 1. The fourth-order valence-corrected chi connectivity index (χ4v) is 3.30. The monoisotopic (exact) mass is 366 g/mol. The molecule has 2 N–H and O–H groups in total. The Morgan fingerprint density at radius 3 is 2.25 bits per heavy atom. The fraction of sp³-hybridized carbons (Fsp3) is 0.0800. The second-order valence-electron chi connectivity index (χ2n) is 6.83. The third-order valence-corrected chi connectivity index (χ3v) is 4.80. The summed E-state index contributed by atoms with van der Waals surface area (Å²) in [5, 5.41) is 8.70. The minimum Gasteiger partial charge on any atom is -0.374 e. The van der Waals surface area contributed by atoms with Crippen molar-refractivity contribution in [2.75, 3.05) is 10.6 Å². The van der Waals surface area contributed by atoms with Crippen molar-refractivity contribution in [3.8, 4) is 11.1 Å². The highest BCUT2D eigenvalue weighted by atomic mass is 16.2. The van der Waals surface area contributed by atoms with Crippen LogP contribution in [0.25, 0.3) is 21.9 Å². The van der Waals surface area contributed by atoms with Crippen LogP contribution in [0.15, 0.2) is 97.1 Å². The van der Waals surface area contributed by atoms with Gasteiger partial charge in [-0.3, -0.25) is 4.79 Å². The Balaban J connectivity index is 1.50. The molecule has 0 unspecified atom stereocenters. The lowest BCUT2D eigenvalue weighted by Crippen LogP contribution is -2.32. The molecule has 0 fully saturated rings. The van der Waals surface area contributed by atoms with Crippen molar-refractivity contribution >= 4 is 28.1 Å². The van der Waals surface area contributed by atoms with Crippen molar-refractivity contribution in [2.45, 2.75) is 13.0 Å². The van der Waals surface area contributed by atoms with Crippen LogP contribution in [0.5, 0.6) is 0 Å². The molecule has 1 atom stereocenters. The maximum atomic E-state index is 12.8. The first-order valence-electron chi connectivity index (χ1n) is 9.41. The van der Waals surface area contributed by atoms with Crippen LogP contribution in [-0.4, -0.2) is 11.9 Å². The highest BCUT2D eigenvalue weighted by Crippen LogP contribution is 2.28. The van der Waals surface area contributed by atoms with Crippen LogP contribution in [0.2, 0.25) is 0 Å². The molecule has 3 nitrogen and oxygen atoms in total. The average Bonchev–Trinajstić information content (AvgIpc) is 2.74. The van der Waals surface area contributed by atoms with E-state index in [2.05, 4.69) is 34.9 Å². The summed E-state index contributed by atoms with van der Waals surface area (Å²) in [5.74, 6) is -0.0726. The number of nitrogens with one attached hydrogen (secondary N) is 2. The van der Waals surface area contributed by atoms with Gasteiger partial charge in [0.15, 0.2) is 0 Å². The maximum Gasteiger partial charge on any atom is 0.246 e. The van der Waals surface area contributed by atoms with Crippen molar-refractivity contribution < 1.29 is 4.79 Å². The van der Waals surface area contributed by atoms with E-state index in [1.165, 1.54) is 5.39 Å². The van der Waals surface area contributed by atoms with E-state index in [-0.39, 0.29) is 11.9 Å². The first-order chi connectivity index (χ1) is 13.7. The lowest BCUT2D eigenvalue weighted by atomic mass is 10.0. The predicted molar refractivity (Wildman–Crippen MR) is 118 cm³/mol. The Hall–Kier alpha value is -3.59. The molecular formula is C25H22N2O. The molecule has 0 aliphatic carbocycles. The molecule has 0 spiro atoms. The lowest BCUT2D eigenvalue weighted by molar-refractivity contribution is -0.116. The van der Waals surface area contributed by atoms with Gasteiger partial charge in [-0.05, 0) is 41.5 Å². The van der Waals surface area contributed by atoms with Gasteiger partial charge in [-0.15, -0.1) is 0 Å². The van der Waals surface area contributed by atoms with E-state index in [9.17, 15) is 4.79 Å². The molecule has 4 aromatic rings. The van der Waals surface area contributed by atoms with Gasteiger partial charge in [0.2, 0.25) is 5.91 Å². The van der Waals surface area contributed by atoms with E-state index >= 15 is 0 Å². The second-order valence-corrected chi connectivity index (χ2v) is 6.83. The van der Waals surface area contributed by atoms with Gasteiger partial charge >= 0.3 is 0 Å². The Kier molecular flexibility index (Phi) is 5.07. The summed E-state index contributed by atoms with van der Waals surface area (Å²) in [4.78, 5) is 12.8. The minimum atomic E-state index is -0.370. The summed E-state index contributed by atoms with van der Waals surface area (Å²) < 4.78 is 0. The molecule has 0 bridgehead atoms. The Morgan fingerprint density at radius 2 is 1.43 bits per heavy atom. The number of benzene rings is 4. The van der Waals surface area contributed by atoms with Gasteiger partial charge in [0.1, 0.15) is 6.04 Å². The number of carbonyl (C=O) groups is 1. The molecule has 1 amide bonds. The molecule has 4 aromatic carbocycles. The third kappa shape index (κ3) is 3.89. The normalized spacial score (nSPS) is 11.8. The van der Waals surface area contributed by atoms with Crippen LogP contribution in [0.4, 0.5) is 11.4 Å². The Morgan fingerprint density at radius 1 is 0.750 bits per heavy atom. The number of para-hydroxylation sites is 1. The quantitative estimate of drug-likeness (QED) is 0.458. The maximum absolute atomic E-state index is 12.8. The van der Waals surface area contributed by atoms with Crippen molar-refractivity contribution in [1.82, 2.24) is 0 Å². The molecule has 0 aliphatic heterocycles. The van der Waals surface area contributed by atoms with Crippen LogP contribution in [0.3, 0.4) is 0 Å². The standard InChI is InChI=1S/C25H22N2O/c1-18(26-22-16-15-19-9-5-6-12-21(19)17-22)25(28)27-24-14-8-7-13-23(24)20-10-3-2-4-11-20/h2-18,26H,1H3,(H,27,28)/t18-/m0/s1. The molecule has 28 heavy (non-hydrogen) atoms. The molecule has 4 rings (SSSR count). The van der Waals surface area contributed by atoms with E-state index in [4.69, 9.17) is 0 Å². The number of hydrogen-bond acceptors (Lipinski definition) is 2. The second kappa shape index (κ2) is 7.97. The van der Waals surface area contributed by atoms with Crippen molar-refractivity contribution in [2.24, 2.45) is 0 Å². The number of amides is 1. The molecule has 0 aromatic heterocycles. The number of fused-ring (bicyclic) bond motifs is 1. The predicted octanol–water partition coefficient (Wildman–Crippen LogP) is 5.95. The smallest absolute Gasteiger partial charge is 0.246 e. The molecule has 0 aliphatic rings. The van der Waals surface area contributed by atoms with Crippen LogP contribution >= 0.6 is 0 Å². The Labute approximate surface area is 165 Å². The average molecular weight is 366 g/mol. The summed E-state index contributed by atoms with van der Waals surface area (Å²) in [6.07, 6.45) is 0. The highest BCUT2D eigenvalue weighted by Gasteiger charge is 2.15. The molecule has 0 heterocycles. The molecule has 0 radical (unpaired) electrons. The van der Waals surface area contributed by atoms with Gasteiger partial charge in [-0.2, -0.15) is 0 Å². The summed E-state index contributed by atoms with van der Waals surface area (Å²) in [5.41, 5.74) is 3.83. The summed E-state index contributed by atoms with van der Waals surface area (Å²) in [6.45, 7) is 1.87. The zero-order chi connectivity index (χ0) is 19.3. The first kappa shape index (κ1) is 17.8. The largest absolute Gasteiger partial charge is 0.374 e. The highest BCUT2D eigenvalue weighted by molar-refractivity contribution is 5.99. The molecule has 3 heteroatoms. The molecule has 0 saturated heterocycles. The van der Waals surface area contributed by atoms with Gasteiger partial charge in [0, 0.05) is 16.9 Å². The van der Waals surface area contributed by atoms with Gasteiger partial charge < -0.3 is 10.6 Å². The first-order valence-corrected chi connectivity index (χ1v) is 9.41. The van der Waals surface area contributed by atoms with Gasteiger partial charge in [0.05, 0.1) is 0 Å². The summed E-state index contributed by atoms with van der Waals surface area (Å²) in [7, 11) is 0. The fourth-order valence-electron chi connectivity index (χ4n) is 3.30. The van der Waals surface area contributed by atoms with Gasteiger partial charge in [-0.25, -0.2) is 0 Å². The van der Waals surface area contributed by atoms with Crippen LogP contribution in [0, 0.1) is 0 Å². The minimum absolute atomic E-state index is 0.0726. The van der Waals surface area contributed by atoms with Gasteiger partial charge in [0.25, 0.3) is 0 Å². The van der Waals surface area contributed by atoms with Crippen LogP contribution in [0.1, 0.15) is 6.92 Å². The lowest BCUT2D eigenvalue weighted by Gasteiger charge is -2.17. The van der Waals surface area contributed by atoms with Crippen LogP contribution in [-0.2, 0) is 4.79 Å². The Bertz CT molecular complexity index is 1110. The van der Waals surface area contributed by atoms with Crippen molar-refractivity contribution in [3.63, 3.8) is 0 Å². The summed E-state index contributed by atoms with van der Waals surface area (Å²) in [6, 6.07) is 31.9. The topological polar surface area (TPSA) is 41.1 Å². The van der Waals surface area contributed by atoms with E-state index < -0.39 is 0 Å².